The highest BCUT2D eigenvalue weighted by Crippen LogP contribution is 1.84. The number of hydrazone groups is 1. The van der Waals surface area contributed by atoms with E-state index < -0.39 is 0 Å². The molecule has 4 nitrogen and oxygen atoms in total. The normalized spacial score (nSPS) is 10.3. The molecule has 0 aliphatic heterocycles. The van der Waals surface area contributed by atoms with Gasteiger partial charge in [-0.2, -0.15) is 5.10 Å². The van der Waals surface area contributed by atoms with Crippen LogP contribution in [0.4, 0.5) is 0 Å². The summed E-state index contributed by atoms with van der Waals surface area (Å²) in [5.74, 6) is 0. The maximum atomic E-state index is 4.60. The summed E-state index contributed by atoms with van der Waals surface area (Å²) in [5, 5.41) is 3.75. The van der Waals surface area contributed by atoms with Gasteiger partial charge < -0.3 is 4.98 Å². The van der Waals surface area contributed by atoms with E-state index in [2.05, 4.69) is 45.3 Å². The van der Waals surface area contributed by atoms with Crippen LogP contribution in [0.5, 0.6) is 0 Å². The molecule has 1 heterocycles. The molecule has 0 bridgehead atoms. The molecule has 0 aliphatic carbocycles. The molecule has 0 aromatic carbocycles. The fourth-order valence-corrected chi connectivity index (χ4v) is 0.605. The van der Waals surface area contributed by atoms with Gasteiger partial charge in [-0.1, -0.05) is 12.2 Å². The molecule has 0 saturated heterocycles. The van der Waals surface area contributed by atoms with Crippen LogP contribution in [-0.4, -0.2) is 20.5 Å². The number of rotatable bonds is 2. The van der Waals surface area contributed by atoms with Crippen LogP contribution in [0, 0.1) is 0 Å². The summed E-state index contributed by atoms with van der Waals surface area (Å²) in [7, 11) is 0. The predicted molar refractivity (Wildman–Crippen MR) is 50.9 cm³/mol. The minimum Gasteiger partial charge on any atom is -0.344 e. The average molecular weight is 186 g/mol. The molecule has 1 rings (SSSR count). The molecule has 1 aromatic heterocycles. The highest BCUT2D eigenvalue weighted by molar-refractivity contribution is 8.11. The third-order valence-electron chi connectivity index (χ3n) is 0.883. The maximum absolute atomic E-state index is 4.60. The smallest absolute Gasteiger partial charge is 0.150 e. The van der Waals surface area contributed by atoms with Crippen molar-refractivity contribution >= 4 is 35.4 Å². The maximum Gasteiger partial charge on any atom is 0.150 e. The number of nitrogens with one attached hydrogen (secondary N) is 2. The number of hydrogen-bond donors (Lipinski definition) is 3. The quantitative estimate of drug-likeness (QED) is 0.273. The summed E-state index contributed by atoms with van der Waals surface area (Å²) >= 11 is 8.41. The van der Waals surface area contributed by atoms with Gasteiger partial charge >= 0.3 is 0 Å². The fourth-order valence-electron chi connectivity index (χ4n) is 0.494. The molecule has 0 unspecified atom stereocenters. The summed E-state index contributed by atoms with van der Waals surface area (Å²) in [6.45, 7) is 0. The number of imidazole rings is 1. The predicted octanol–water partition coefficient (Wildman–Crippen LogP) is 0.548. The zero-order chi connectivity index (χ0) is 8.10. The Balaban J connectivity index is 2.43. The number of thiocarbonyl (C=S) groups is 1. The SMILES string of the molecule is S=C(S)N/N=C/c1cnc[nH]1. The molecule has 2 N–H and O–H groups in total. The van der Waals surface area contributed by atoms with Crippen molar-refractivity contribution in [2.45, 2.75) is 0 Å². The molecular formula is C5H6N4S2. The zero-order valence-electron chi connectivity index (χ0n) is 5.48. The molecule has 0 fully saturated rings. The van der Waals surface area contributed by atoms with Crippen LogP contribution in [0.1, 0.15) is 5.69 Å². The largest absolute Gasteiger partial charge is 0.344 e. The lowest BCUT2D eigenvalue weighted by Gasteiger charge is -1.90. The van der Waals surface area contributed by atoms with E-state index in [9.17, 15) is 0 Å². The highest BCUT2D eigenvalue weighted by Gasteiger charge is 1.85. The van der Waals surface area contributed by atoms with Gasteiger partial charge in [0.2, 0.25) is 0 Å². The van der Waals surface area contributed by atoms with E-state index in [1.54, 1.807) is 18.7 Å². The Labute approximate surface area is 74.5 Å². The van der Waals surface area contributed by atoms with Gasteiger partial charge in [0, 0.05) is 0 Å². The monoisotopic (exact) mass is 186 g/mol. The van der Waals surface area contributed by atoms with Crippen molar-refractivity contribution in [2.75, 3.05) is 0 Å². The van der Waals surface area contributed by atoms with Crippen molar-refractivity contribution in [1.82, 2.24) is 15.4 Å². The van der Waals surface area contributed by atoms with Crippen molar-refractivity contribution < 1.29 is 0 Å². The summed E-state index contributed by atoms with van der Waals surface area (Å²) in [4.78, 5) is 6.64. The first-order valence-corrected chi connectivity index (χ1v) is 3.65. The third kappa shape index (κ3) is 3.15. The first-order chi connectivity index (χ1) is 5.29. The van der Waals surface area contributed by atoms with E-state index in [0.29, 0.717) is 4.32 Å². The number of hydrogen-bond acceptors (Lipinski definition) is 3. The van der Waals surface area contributed by atoms with E-state index in [0.717, 1.165) is 5.69 Å². The Hall–Kier alpha value is -0.880. The summed E-state index contributed by atoms with van der Waals surface area (Å²) in [6.07, 6.45) is 4.78. The lowest BCUT2D eigenvalue weighted by atomic mass is 10.5. The lowest BCUT2D eigenvalue weighted by Crippen LogP contribution is -2.07. The van der Waals surface area contributed by atoms with E-state index in [-0.39, 0.29) is 0 Å². The molecule has 1 aromatic rings. The van der Waals surface area contributed by atoms with Gasteiger partial charge in [0.05, 0.1) is 24.4 Å². The van der Waals surface area contributed by atoms with Gasteiger partial charge in [-0.3, -0.25) is 5.43 Å². The first-order valence-electron chi connectivity index (χ1n) is 2.79. The molecule has 0 amide bonds. The lowest BCUT2D eigenvalue weighted by molar-refractivity contribution is 1.07. The Morgan fingerprint density at radius 1 is 1.91 bits per heavy atom. The molecule has 0 saturated carbocycles. The van der Waals surface area contributed by atoms with Crippen LogP contribution in [0.15, 0.2) is 17.6 Å². The van der Waals surface area contributed by atoms with Gasteiger partial charge in [-0.15, -0.1) is 12.6 Å². The van der Waals surface area contributed by atoms with Crippen LogP contribution < -0.4 is 5.43 Å². The number of nitrogens with zero attached hydrogens (tertiary/aromatic N) is 2. The van der Waals surface area contributed by atoms with E-state index in [1.807, 2.05) is 0 Å². The van der Waals surface area contributed by atoms with Gasteiger partial charge in [0.15, 0.2) is 4.32 Å². The molecule has 0 atom stereocenters. The molecular weight excluding hydrogens is 180 g/mol. The van der Waals surface area contributed by atoms with Crippen LogP contribution >= 0.6 is 24.8 Å². The second-order valence-electron chi connectivity index (χ2n) is 1.68. The Morgan fingerprint density at radius 2 is 2.73 bits per heavy atom. The average Bonchev–Trinajstić information content (AvgIpc) is 2.39. The van der Waals surface area contributed by atoms with Crippen molar-refractivity contribution in [3.63, 3.8) is 0 Å². The number of aromatic amines is 1. The highest BCUT2D eigenvalue weighted by atomic mass is 32.1. The van der Waals surface area contributed by atoms with Gasteiger partial charge in [0.25, 0.3) is 0 Å². The van der Waals surface area contributed by atoms with Gasteiger partial charge in [-0.05, 0) is 0 Å². The van der Waals surface area contributed by atoms with Crippen molar-refractivity contribution in [1.29, 1.82) is 0 Å². The van der Waals surface area contributed by atoms with Crippen LogP contribution in [0.25, 0.3) is 0 Å². The Morgan fingerprint density at radius 3 is 3.27 bits per heavy atom. The van der Waals surface area contributed by atoms with Gasteiger partial charge in [-0.25, -0.2) is 4.98 Å². The molecule has 0 radical (unpaired) electrons. The molecule has 6 heteroatoms. The van der Waals surface area contributed by atoms with Crippen LogP contribution in [-0.2, 0) is 0 Å². The summed E-state index contributed by atoms with van der Waals surface area (Å²) in [5.41, 5.74) is 3.31. The van der Waals surface area contributed by atoms with Crippen LogP contribution in [0.3, 0.4) is 0 Å². The molecule has 11 heavy (non-hydrogen) atoms. The van der Waals surface area contributed by atoms with Crippen LogP contribution in [0.2, 0.25) is 0 Å². The Kier molecular flexibility index (Phi) is 3.06. The summed E-state index contributed by atoms with van der Waals surface area (Å²) in [6, 6.07) is 0. The zero-order valence-corrected chi connectivity index (χ0v) is 7.19. The minimum absolute atomic E-state index is 0.334. The minimum atomic E-state index is 0.334. The number of aromatic nitrogens is 2. The fraction of sp³-hybridized carbons (Fsp3) is 0. The molecule has 0 aliphatic rings. The first kappa shape index (κ1) is 8.22. The number of thiol groups is 1. The topological polar surface area (TPSA) is 53.1 Å². The van der Waals surface area contributed by atoms with Crippen molar-refractivity contribution in [3.05, 3.63) is 18.2 Å². The second-order valence-corrected chi connectivity index (χ2v) is 2.84. The van der Waals surface area contributed by atoms with E-state index >= 15 is 0 Å². The standard InChI is InChI=1S/C5H6N4S2/c10-5(11)9-8-2-4-1-6-3-7-4/h1-3H,(H,6,7)(H2,9,10,11)/b8-2+. The molecule has 58 valence electrons. The third-order valence-corrected chi connectivity index (χ3v) is 1.07. The summed E-state index contributed by atoms with van der Waals surface area (Å²) < 4.78 is 0.334. The second kappa shape index (κ2) is 4.09. The van der Waals surface area contributed by atoms with Gasteiger partial charge in [0.1, 0.15) is 0 Å². The van der Waals surface area contributed by atoms with E-state index in [4.69, 9.17) is 0 Å². The molecule has 0 spiro atoms. The Bertz CT molecular complexity index is 253. The van der Waals surface area contributed by atoms with Crippen molar-refractivity contribution in [2.24, 2.45) is 5.10 Å². The van der Waals surface area contributed by atoms with Crippen molar-refractivity contribution in [3.8, 4) is 0 Å². The van der Waals surface area contributed by atoms with E-state index in [1.165, 1.54) is 0 Å². The number of H-pyrrole nitrogens is 1.